The molecular weight excluding hydrogens is 382 g/mol. The van der Waals surface area contributed by atoms with Crippen LogP contribution in [0.5, 0.6) is 0 Å². The molecule has 7 nitrogen and oxygen atoms in total. The van der Waals surface area contributed by atoms with E-state index in [9.17, 15) is 9.59 Å². The van der Waals surface area contributed by atoms with Gasteiger partial charge < -0.3 is 25.0 Å². The lowest BCUT2D eigenvalue weighted by atomic mass is 10.1. The van der Waals surface area contributed by atoms with E-state index >= 15 is 0 Å². The minimum Gasteiger partial charge on any atom is -0.445 e. The summed E-state index contributed by atoms with van der Waals surface area (Å²) >= 11 is 0. The maximum Gasteiger partial charge on any atom is 0.407 e. The molecule has 0 bridgehead atoms. The zero-order chi connectivity index (χ0) is 21.8. The number of unbranched alkanes of at least 4 members (excludes halogenated alkanes) is 2. The molecular formula is C23H37N3O4. The topological polar surface area (TPSA) is 79.9 Å². The van der Waals surface area contributed by atoms with Crippen LogP contribution in [-0.2, 0) is 16.1 Å². The van der Waals surface area contributed by atoms with Crippen molar-refractivity contribution in [1.29, 1.82) is 0 Å². The number of carbonyl (C=O) groups excluding carboxylic acids is 2. The van der Waals surface area contributed by atoms with E-state index in [1.807, 2.05) is 51.1 Å². The third-order valence-corrected chi connectivity index (χ3v) is 4.86. The minimum atomic E-state index is -0.461. The smallest absolute Gasteiger partial charge is 0.407 e. The molecule has 1 fully saturated rings. The standard InChI is InChI=1S/C23H37N3O4/c1-23(2,3)30-21(27)24-14-8-5-9-15-26-16-10-13-20(17-26)25-22(28)29-18-19-11-6-4-7-12-19/h4,6-7,11-12,20H,5,8-10,13-18H2,1-3H3,(H,24,27)(H,25,28)/t20-/m0/s1. The first-order chi connectivity index (χ1) is 14.3. The second-order valence-corrected chi connectivity index (χ2v) is 8.84. The molecule has 1 saturated heterocycles. The highest BCUT2D eigenvalue weighted by molar-refractivity contribution is 5.68. The Kier molecular flexibility index (Phi) is 9.94. The summed E-state index contributed by atoms with van der Waals surface area (Å²) in [6.45, 7) is 9.42. The van der Waals surface area contributed by atoms with Gasteiger partial charge >= 0.3 is 12.2 Å². The fourth-order valence-electron chi connectivity index (χ4n) is 3.45. The maximum absolute atomic E-state index is 12.1. The Morgan fingerprint density at radius 1 is 1.10 bits per heavy atom. The molecule has 0 unspecified atom stereocenters. The molecule has 0 aliphatic carbocycles. The Morgan fingerprint density at radius 2 is 1.87 bits per heavy atom. The van der Waals surface area contributed by atoms with Crippen LogP contribution in [0.15, 0.2) is 30.3 Å². The normalized spacial score (nSPS) is 17.2. The number of ether oxygens (including phenoxy) is 2. The number of hydrogen-bond acceptors (Lipinski definition) is 5. The quantitative estimate of drug-likeness (QED) is 0.590. The van der Waals surface area contributed by atoms with Crippen LogP contribution >= 0.6 is 0 Å². The third-order valence-electron chi connectivity index (χ3n) is 4.86. The van der Waals surface area contributed by atoms with Gasteiger partial charge in [-0.3, -0.25) is 0 Å². The molecule has 0 saturated carbocycles. The van der Waals surface area contributed by atoms with Crippen LogP contribution in [0.4, 0.5) is 9.59 Å². The zero-order valence-electron chi connectivity index (χ0n) is 18.6. The van der Waals surface area contributed by atoms with E-state index in [2.05, 4.69) is 15.5 Å². The summed E-state index contributed by atoms with van der Waals surface area (Å²) in [4.78, 5) is 26.1. The van der Waals surface area contributed by atoms with Gasteiger partial charge in [0, 0.05) is 19.1 Å². The number of piperidine rings is 1. The molecule has 2 rings (SSSR count). The van der Waals surface area contributed by atoms with Crippen molar-refractivity contribution in [1.82, 2.24) is 15.5 Å². The predicted molar refractivity (Wildman–Crippen MR) is 117 cm³/mol. The largest absolute Gasteiger partial charge is 0.445 e. The minimum absolute atomic E-state index is 0.135. The van der Waals surface area contributed by atoms with Crippen molar-refractivity contribution in [2.45, 2.75) is 71.1 Å². The van der Waals surface area contributed by atoms with Crippen molar-refractivity contribution >= 4 is 12.2 Å². The van der Waals surface area contributed by atoms with Gasteiger partial charge in [-0.1, -0.05) is 36.8 Å². The SMILES string of the molecule is CC(C)(C)OC(=O)NCCCCCN1CCC[C@H](NC(=O)OCc2ccccc2)C1. The summed E-state index contributed by atoms with van der Waals surface area (Å²) < 4.78 is 10.5. The molecule has 30 heavy (non-hydrogen) atoms. The lowest BCUT2D eigenvalue weighted by molar-refractivity contribution is 0.0526. The van der Waals surface area contributed by atoms with Crippen LogP contribution in [0.25, 0.3) is 0 Å². The summed E-state index contributed by atoms with van der Waals surface area (Å²) in [5.41, 5.74) is 0.524. The molecule has 0 aromatic heterocycles. The first-order valence-corrected chi connectivity index (χ1v) is 11.0. The number of nitrogens with zero attached hydrogens (tertiary/aromatic N) is 1. The van der Waals surface area contributed by atoms with Gasteiger partial charge in [0.2, 0.25) is 0 Å². The van der Waals surface area contributed by atoms with Crippen LogP contribution in [0, 0.1) is 0 Å². The summed E-state index contributed by atoms with van der Waals surface area (Å²) in [5, 5.41) is 5.79. The molecule has 168 valence electrons. The molecule has 1 heterocycles. The van der Waals surface area contributed by atoms with Crippen LogP contribution in [0.3, 0.4) is 0 Å². The van der Waals surface area contributed by atoms with Crippen molar-refractivity contribution < 1.29 is 19.1 Å². The summed E-state index contributed by atoms with van der Waals surface area (Å²) in [7, 11) is 0. The first kappa shape index (κ1) is 24.0. The molecule has 0 radical (unpaired) electrons. The van der Waals surface area contributed by atoms with Gasteiger partial charge in [0.05, 0.1) is 0 Å². The Balaban J connectivity index is 1.54. The van der Waals surface area contributed by atoms with E-state index < -0.39 is 5.60 Å². The Labute approximate surface area is 180 Å². The van der Waals surface area contributed by atoms with Crippen LogP contribution in [0.2, 0.25) is 0 Å². The second kappa shape index (κ2) is 12.4. The number of carbonyl (C=O) groups is 2. The van der Waals surface area contributed by atoms with E-state index in [4.69, 9.17) is 9.47 Å². The monoisotopic (exact) mass is 419 g/mol. The van der Waals surface area contributed by atoms with Crippen molar-refractivity contribution in [3.05, 3.63) is 35.9 Å². The average molecular weight is 420 g/mol. The highest BCUT2D eigenvalue weighted by Gasteiger charge is 2.21. The molecule has 1 aromatic carbocycles. The number of rotatable bonds is 9. The maximum atomic E-state index is 12.1. The van der Waals surface area contributed by atoms with Gasteiger partial charge in [0.15, 0.2) is 0 Å². The third kappa shape index (κ3) is 10.5. The number of alkyl carbamates (subject to hydrolysis) is 2. The van der Waals surface area contributed by atoms with Gasteiger partial charge in [-0.05, 0) is 65.1 Å². The molecule has 1 aromatic rings. The molecule has 2 N–H and O–H groups in total. The van der Waals surface area contributed by atoms with Crippen LogP contribution in [0.1, 0.15) is 58.4 Å². The average Bonchev–Trinajstić information content (AvgIpc) is 2.69. The van der Waals surface area contributed by atoms with E-state index in [0.717, 1.165) is 57.3 Å². The Hall–Kier alpha value is -2.28. The number of benzene rings is 1. The van der Waals surface area contributed by atoms with Crippen molar-refractivity contribution in [3.63, 3.8) is 0 Å². The van der Waals surface area contributed by atoms with E-state index in [-0.39, 0.29) is 18.2 Å². The van der Waals surface area contributed by atoms with Gasteiger partial charge in [0.25, 0.3) is 0 Å². The van der Waals surface area contributed by atoms with Crippen molar-refractivity contribution in [3.8, 4) is 0 Å². The molecule has 7 heteroatoms. The fourth-order valence-corrected chi connectivity index (χ4v) is 3.45. The second-order valence-electron chi connectivity index (χ2n) is 8.84. The van der Waals surface area contributed by atoms with Gasteiger partial charge in [-0.15, -0.1) is 0 Å². The summed E-state index contributed by atoms with van der Waals surface area (Å²) in [6.07, 6.45) is 4.40. The lowest BCUT2D eigenvalue weighted by Crippen LogP contribution is -2.48. The number of hydrogen-bond donors (Lipinski definition) is 2. The van der Waals surface area contributed by atoms with E-state index in [1.165, 1.54) is 0 Å². The van der Waals surface area contributed by atoms with E-state index in [1.54, 1.807) is 0 Å². The summed E-state index contributed by atoms with van der Waals surface area (Å²) in [5.74, 6) is 0. The van der Waals surface area contributed by atoms with Crippen LogP contribution < -0.4 is 10.6 Å². The predicted octanol–water partition coefficient (Wildman–Crippen LogP) is 4.07. The molecule has 0 spiro atoms. The van der Waals surface area contributed by atoms with Crippen molar-refractivity contribution in [2.75, 3.05) is 26.2 Å². The van der Waals surface area contributed by atoms with Crippen LogP contribution in [-0.4, -0.2) is 54.9 Å². The van der Waals surface area contributed by atoms with Crippen molar-refractivity contribution in [2.24, 2.45) is 0 Å². The fraction of sp³-hybridized carbons (Fsp3) is 0.652. The van der Waals surface area contributed by atoms with Gasteiger partial charge in [-0.2, -0.15) is 0 Å². The number of likely N-dealkylation sites (tertiary alicyclic amines) is 1. The lowest BCUT2D eigenvalue weighted by Gasteiger charge is -2.32. The number of nitrogens with one attached hydrogen (secondary N) is 2. The highest BCUT2D eigenvalue weighted by atomic mass is 16.6. The first-order valence-electron chi connectivity index (χ1n) is 11.0. The molecule has 1 aliphatic heterocycles. The highest BCUT2D eigenvalue weighted by Crippen LogP contribution is 2.12. The zero-order valence-corrected chi connectivity index (χ0v) is 18.6. The summed E-state index contributed by atoms with van der Waals surface area (Å²) in [6, 6.07) is 9.83. The number of amides is 2. The molecule has 1 atom stereocenters. The Bertz CT molecular complexity index is 646. The Morgan fingerprint density at radius 3 is 2.60 bits per heavy atom. The molecule has 1 aliphatic rings. The van der Waals surface area contributed by atoms with E-state index in [0.29, 0.717) is 13.2 Å². The van der Waals surface area contributed by atoms with Gasteiger partial charge in [0.1, 0.15) is 12.2 Å². The molecule has 2 amide bonds. The van der Waals surface area contributed by atoms with Gasteiger partial charge in [-0.25, -0.2) is 9.59 Å².